The van der Waals surface area contributed by atoms with Crippen molar-refractivity contribution in [2.24, 2.45) is 0 Å². The maximum atomic E-state index is 10.9. The summed E-state index contributed by atoms with van der Waals surface area (Å²) in [6.45, 7) is 5.41. The maximum Gasteiger partial charge on any atom is 0.298 e. The van der Waals surface area contributed by atoms with Crippen molar-refractivity contribution in [3.8, 4) is 11.5 Å². The van der Waals surface area contributed by atoms with Crippen LogP contribution in [0.3, 0.4) is 0 Å². The molecular formula is C23H27ClN2O3. The van der Waals surface area contributed by atoms with Gasteiger partial charge in [-0.25, -0.2) is 0 Å². The van der Waals surface area contributed by atoms with E-state index in [0.29, 0.717) is 18.3 Å². The Morgan fingerprint density at radius 3 is 2.55 bits per heavy atom. The number of likely N-dealkylation sites (tertiary alicyclic amines) is 1. The van der Waals surface area contributed by atoms with Crippen molar-refractivity contribution in [3.63, 3.8) is 0 Å². The molecule has 6 heteroatoms. The fraction of sp³-hybridized carbons (Fsp3) is 0.348. The fourth-order valence-electron chi connectivity index (χ4n) is 3.62. The van der Waals surface area contributed by atoms with E-state index in [0.717, 1.165) is 54.5 Å². The largest absolute Gasteiger partial charge is 0.497 e. The third kappa shape index (κ3) is 5.75. The van der Waals surface area contributed by atoms with E-state index in [1.54, 1.807) is 19.2 Å². The number of piperidine rings is 1. The molecule has 29 heavy (non-hydrogen) atoms. The van der Waals surface area contributed by atoms with Crippen LogP contribution < -0.4 is 14.8 Å². The number of methoxy groups -OCH3 is 1. The molecule has 1 aliphatic heterocycles. The van der Waals surface area contributed by atoms with Crippen LogP contribution in [0.1, 0.15) is 30.9 Å². The molecule has 1 fully saturated rings. The number of hydrogen-bond donors (Lipinski definition) is 1. The van der Waals surface area contributed by atoms with E-state index in [2.05, 4.69) is 22.3 Å². The Hall–Kier alpha value is -2.50. The third-order valence-electron chi connectivity index (χ3n) is 5.21. The van der Waals surface area contributed by atoms with E-state index >= 15 is 0 Å². The normalized spacial score (nSPS) is 15.8. The molecule has 0 radical (unpaired) electrons. The van der Waals surface area contributed by atoms with E-state index < -0.39 is 0 Å². The van der Waals surface area contributed by atoms with Gasteiger partial charge in [-0.3, -0.25) is 9.69 Å². The molecule has 5 nitrogen and oxygen atoms in total. The highest BCUT2D eigenvalue weighted by molar-refractivity contribution is 6.30. The van der Waals surface area contributed by atoms with Gasteiger partial charge in [0.25, 0.3) is 6.47 Å². The monoisotopic (exact) mass is 414 g/mol. The minimum Gasteiger partial charge on any atom is -0.497 e. The van der Waals surface area contributed by atoms with Gasteiger partial charge in [-0.2, -0.15) is 0 Å². The Morgan fingerprint density at radius 1 is 1.21 bits per heavy atom. The molecule has 0 saturated carbocycles. The van der Waals surface area contributed by atoms with Crippen LogP contribution in [-0.4, -0.2) is 37.6 Å². The number of carbonyl (C=O) groups is 1. The molecule has 1 heterocycles. The van der Waals surface area contributed by atoms with Crippen LogP contribution >= 0.6 is 11.6 Å². The van der Waals surface area contributed by atoms with Crippen LogP contribution in [0, 0.1) is 0 Å². The Bertz CT molecular complexity index is 844. The van der Waals surface area contributed by atoms with E-state index in [-0.39, 0.29) is 0 Å². The predicted molar refractivity (Wildman–Crippen MR) is 116 cm³/mol. The molecule has 0 unspecified atom stereocenters. The van der Waals surface area contributed by atoms with E-state index in [1.807, 2.05) is 31.2 Å². The standard InChI is InChI=1S/C23H27ClN2O3/c1-3-22(21-14-20(28-2)8-9-23(21)29-16-27)25-19-10-12-26(13-11-19)15-17-4-6-18(24)7-5-17/h3-9,14,16,19,25H,10-13,15H2,1-2H3/b22-3+. The van der Waals surface area contributed by atoms with Crippen molar-refractivity contribution < 1.29 is 14.3 Å². The molecule has 0 spiro atoms. The number of rotatable bonds is 8. The number of carbonyl (C=O) groups excluding carboxylic acids is 1. The summed E-state index contributed by atoms with van der Waals surface area (Å²) in [7, 11) is 1.62. The summed E-state index contributed by atoms with van der Waals surface area (Å²) in [4.78, 5) is 13.3. The van der Waals surface area contributed by atoms with Crippen molar-refractivity contribution in [2.45, 2.75) is 32.4 Å². The number of ether oxygens (including phenoxy) is 2. The molecule has 2 aromatic rings. The van der Waals surface area contributed by atoms with Gasteiger partial charge in [0.1, 0.15) is 11.5 Å². The summed E-state index contributed by atoms with van der Waals surface area (Å²) in [6.07, 6.45) is 4.09. The fourth-order valence-corrected chi connectivity index (χ4v) is 3.75. The van der Waals surface area contributed by atoms with Crippen LogP contribution in [0.15, 0.2) is 48.5 Å². The predicted octanol–water partition coefficient (Wildman–Crippen LogP) is 4.50. The number of halogens is 1. The third-order valence-corrected chi connectivity index (χ3v) is 5.46. The number of nitrogens with zero attached hydrogens (tertiary/aromatic N) is 1. The maximum absolute atomic E-state index is 10.9. The Balaban J connectivity index is 1.61. The average molecular weight is 415 g/mol. The number of benzene rings is 2. The molecule has 0 bridgehead atoms. The lowest BCUT2D eigenvalue weighted by atomic mass is 10.0. The molecular weight excluding hydrogens is 388 g/mol. The molecule has 1 N–H and O–H groups in total. The second kappa shape index (κ2) is 10.3. The van der Waals surface area contributed by atoms with Crippen molar-refractivity contribution in [3.05, 3.63) is 64.7 Å². The minimum absolute atomic E-state index is 0.359. The van der Waals surface area contributed by atoms with Crippen LogP contribution in [-0.2, 0) is 11.3 Å². The van der Waals surface area contributed by atoms with E-state index in [4.69, 9.17) is 21.1 Å². The molecule has 0 aliphatic carbocycles. The van der Waals surface area contributed by atoms with Crippen LogP contribution in [0.4, 0.5) is 0 Å². The topological polar surface area (TPSA) is 50.8 Å². The highest BCUT2D eigenvalue weighted by Gasteiger charge is 2.21. The zero-order chi connectivity index (χ0) is 20.6. The molecule has 1 aliphatic rings. The summed E-state index contributed by atoms with van der Waals surface area (Å²) in [6, 6.07) is 13.8. The van der Waals surface area contributed by atoms with Gasteiger partial charge in [0.2, 0.25) is 0 Å². The van der Waals surface area contributed by atoms with Gasteiger partial charge in [-0.15, -0.1) is 0 Å². The lowest BCUT2D eigenvalue weighted by molar-refractivity contribution is -0.120. The first-order chi connectivity index (χ1) is 14.1. The van der Waals surface area contributed by atoms with Gasteiger partial charge in [0.15, 0.2) is 0 Å². The van der Waals surface area contributed by atoms with Crippen LogP contribution in [0.25, 0.3) is 5.70 Å². The highest BCUT2D eigenvalue weighted by Crippen LogP contribution is 2.30. The van der Waals surface area contributed by atoms with Crippen molar-refractivity contribution in [1.82, 2.24) is 10.2 Å². The molecule has 2 aromatic carbocycles. The minimum atomic E-state index is 0.359. The first kappa shape index (κ1) is 21.2. The molecule has 0 atom stereocenters. The van der Waals surface area contributed by atoms with Gasteiger partial charge < -0.3 is 14.8 Å². The van der Waals surface area contributed by atoms with Crippen molar-refractivity contribution in [1.29, 1.82) is 0 Å². The summed E-state index contributed by atoms with van der Waals surface area (Å²) in [5, 5.41) is 4.40. The Labute approximate surface area is 177 Å². The lowest BCUT2D eigenvalue weighted by Gasteiger charge is -2.33. The Kier molecular flexibility index (Phi) is 7.55. The summed E-state index contributed by atoms with van der Waals surface area (Å²) in [5.41, 5.74) is 3.04. The molecule has 1 saturated heterocycles. The highest BCUT2D eigenvalue weighted by atomic mass is 35.5. The van der Waals surface area contributed by atoms with Crippen molar-refractivity contribution in [2.75, 3.05) is 20.2 Å². The SMILES string of the molecule is C/C=C(/NC1CCN(Cc2ccc(Cl)cc2)CC1)c1cc(OC)ccc1OC=O. The number of nitrogens with one attached hydrogen (secondary N) is 1. The first-order valence-corrected chi connectivity index (χ1v) is 10.2. The van der Waals surface area contributed by atoms with Crippen LogP contribution in [0.2, 0.25) is 5.02 Å². The molecule has 154 valence electrons. The molecule has 0 amide bonds. The van der Waals surface area contributed by atoms with Gasteiger partial charge in [-0.1, -0.05) is 29.8 Å². The first-order valence-electron chi connectivity index (χ1n) is 9.81. The Morgan fingerprint density at radius 2 is 1.93 bits per heavy atom. The van der Waals surface area contributed by atoms with E-state index in [9.17, 15) is 4.79 Å². The van der Waals surface area contributed by atoms with Crippen LogP contribution in [0.5, 0.6) is 11.5 Å². The average Bonchev–Trinajstić information content (AvgIpc) is 2.75. The summed E-state index contributed by atoms with van der Waals surface area (Å²) >= 11 is 5.97. The second-order valence-corrected chi connectivity index (χ2v) is 7.54. The zero-order valence-corrected chi connectivity index (χ0v) is 17.6. The lowest BCUT2D eigenvalue weighted by Crippen LogP contribution is -2.41. The smallest absolute Gasteiger partial charge is 0.298 e. The van der Waals surface area contributed by atoms with E-state index in [1.165, 1.54) is 5.56 Å². The van der Waals surface area contributed by atoms with Gasteiger partial charge in [0, 0.05) is 42.0 Å². The second-order valence-electron chi connectivity index (χ2n) is 7.10. The van der Waals surface area contributed by atoms with Gasteiger partial charge in [0.05, 0.1) is 7.11 Å². The van der Waals surface area contributed by atoms with Gasteiger partial charge >= 0.3 is 0 Å². The zero-order valence-electron chi connectivity index (χ0n) is 16.9. The van der Waals surface area contributed by atoms with Crippen molar-refractivity contribution >= 4 is 23.8 Å². The molecule has 3 rings (SSSR count). The summed E-state index contributed by atoms with van der Waals surface area (Å²) in [5.74, 6) is 1.23. The van der Waals surface area contributed by atoms with Gasteiger partial charge in [-0.05, 0) is 55.7 Å². The quantitative estimate of drug-likeness (QED) is 0.644. The molecule has 0 aromatic heterocycles. The number of hydrogen-bond acceptors (Lipinski definition) is 5. The number of allylic oxidation sites excluding steroid dienone is 1. The summed E-state index contributed by atoms with van der Waals surface area (Å²) < 4.78 is 10.5.